The fourth-order valence-electron chi connectivity index (χ4n) is 3.36. The van der Waals surface area contributed by atoms with Crippen molar-refractivity contribution in [3.8, 4) is 17.1 Å². The van der Waals surface area contributed by atoms with Gasteiger partial charge in [-0.05, 0) is 24.6 Å². The molecule has 0 radical (unpaired) electrons. The summed E-state index contributed by atoms with van der Waals surface area (Å²) in [6.07, 6.45) is 0. The number of fused-ring (bicyclic) bond motifs is 1. The summed E-state index contributed by atoms with van der Waals surface area (Å²) >= 11 is 0. The van der Waals surface area contributed by atoms with Crippen LogP contribution >= 0.6 is 0 Å². The van der Waals surface area contributed by atoms with Gasteiger partial charge in [-0.3, -0.25) is 4.79 Å². The van der Waals surface area contributed by atoms with Crippen molar-refractivity contribution in [2.75, 3.05) is 12.4 Å². The molecule has 0 saturated heterocycles. The zero-order chi connectivity index (χ0) is 19.0. The molecule has 0 unspecified atom stereocenters. The minimum atomic E-state index is -0.492. The molecule has 7 heteroatoms. The van der Waals surface area contributed by atoms with Crippen LogP contribution in [0.2, 0.25) is 0 Å². The van der Waals surface area contributed by atoms with Crippen LogP contribution in [0.4, 0.5) is 5.95 Å². The number of aromatic nitrogens is 3. The third-order valence-electron chi connectivity index (χ3n) is 4.58. The molecule has 1 atom stereocenters. The van der Waals surface area contributed by atoms with Crippen LogP contribution in [-0.2, 0) is 4.79 Å². The lowest BCUT2D eigenvalue weighted by Gasteiger charge is -2.27. The third kappa shape index (κ3) is 2.83. The second kappa shape index (κ2) is 6.60. The molecule has 4 rings (SSSR count). The maximum atomic E-state index is 12.2. The molecule has 3 N–H and O–H groups in total. The van der Waals surface area contributed by atoms with E-state index in [0.29, 0.717) is 28.8 Å². The summed E-state index contributed by atoms with van der Waals surface area (Å²) in [5, 5.41) is 7.82. The molecule has 27 heavy (non-hydrogen) atoms. The molecule has 136 valence electrons. The number of methoxy groups -OCH3 is 1. The summed E-state index contributed by atoms with van der Waals surface area (Å²) in [6, 6.07) is 16.7. The number of nitrogens with one attached hydrogen (secondary N) is 1. The van der Waals surface area contributed by atoms with Crippen LogP contribution in [0.15, 0.2) is 65.9 Å². The Morgan fingerprint density at radius 3 is 2.56 bits per heavy atom. The van der Waals surface area contributed by atoms with E-state index in [0.717, 1.165) is 11.1 Å². The Morgan fingerprint density at radius 1 is 1.15 bits per heavy atom. The van der Waals surface area contributed by atoms with Gasteiger partial charge in [0.05, 0.1) is 18.2 Å². The topological polar surface area (TPSA) is 95.1 Å². The molecule has 7 nitrogen and oxygen atoms in total. The number of allylic oxidation sites excluding steroid dienone is 1. The van der Waals surface area contributed by atoms with Gasteiger partial charge in [-0.25, -0.2) is 4.68 Å². The van der Waals surface area contributed by atoms with Crippen molar-refractivity contribution in [3.05, 3.63) is 71.4 Å². The predicted molar refractivity (Wildman–Crippen MR) is 102 cm³/mol. The molecule has 0 spiro atoms. The van der Waals surface area contributed by atoms with Gasteiger partial charge < -0.3 is 15.8 Å². The van der Waals surface area contributed by atoms with Gasteiger partial charge in [0.25, 0.3) is 0 Å². The number of benzene rings is 2. The second-order valence-corrected chi connectivity index (χ2v) is 6.25. The SMILES string of the molecule is COc1ccccc1-c1nc2n(n1)[C@H](c1ccccc1)C(C(N)=O)=C(C)N2. The molecule has 0 bridgehead atoms. The number of rotatable bonds is 4. The van der Waals surface area contributed by atoms with Crippen molar-refractivity contribution in [2.24, 2.45) is 5.73 Å². The highest BCUT2D eigenvalue weighted by molar-refractivity contribution is 5.95. The number of primary amides is 1. The zero-order valence-corrected chi connectivity index (χ0v) is 15.0. The Labute approximate surface area is 156 Å². The summed E-state index contributed by atoms with van der Waals surface area (Å²) in [4.78, 5) is 16.8. The highest BCUT2D eigenvalue weighted by Gasteiger charge is 2.33. The van der Waals surface area contributed by atoms with Gasteiger partial charge in [0.15, 0.2) is 5.82 Å². The molecule has 2 heterocycles. The Bertz CT molecular complexity index is 1040. The number of hydrogen-bond donors (Lipinski definition) is 2. The highest BCUT2D eigenvalue weighted by Crippen LogP contribution is 2.37. The molecular formula is C20H19N5O2. The smallest absolute Gasteiger partial charge is 0.248 e. The minimum absolute atomic E-state index is 0.448. The Kier molecular flexibility index (Phi) is 4.12. The number of amides is 1. The van der Waals surface area contributed by atoms with E-state index < -0.39 is 11.9 Å². The normalized spacial score (nSPS) is 15.9. The first kappa shape index (κ1) is 16.8. The maximum Gasteiger partial charge on any atom is 0.248 e. The summed E-state index contributed by atoms with van der Waals surface area (Å²) in [5.74, 6) is 1.24. The van der Waals surface area contributed by atoms with E-state index >= 15 is 0 Å². The maximum absolute atomic E-state index is 12.2. The number of nitrogens with two attached hydrogens (primary N) is 1. The van der Waals surface area contributed by atoms with Gasteiger partial charge in [-0.15, -0.1) is 5.10 Å². The van der Waals surface area contributed by atoms with Crippen molar-refractivity contribution in [1.29, 1.82) is 0 Å². The van der Waals surface area contributed by atoms with Crippen molar-refractivity contribution in [2.45, 2.75) is 13.0 Å². The molecule has 2 aromatic carbocycles. The van der Waals surface area contributed by atoms with Gasteiger partial charge in [-0.2, -0.15) is 4.98 Å². The van der Waals surface area contributed by atoms with Crippen LogP contribution in [0.5, 0.6) is 5.75 Å². The Balaban J connectivity index is 1.90. The van der Waals surface area contributed by atoms with E-state index in [1.165, 1.54) is 0 Å². The second-order valence-electron chi connectivity index (χ2n) is 6.25. The fraction of sp³-hybridized carbons (Fsp3) is 0.150. The van der Waals surface area contributed by atoms with Crippen LogP contribution in [0.25, 0.3) is 11.4 Å². The first-order valence-corrected chi connectivity index (χ1v) is 8.52. The van der Waals surface area contributed by atoms with E-state index in [9.17, 15) is 4.79 Å². The van der Waals surface area contributed by atoms with E-state index in [-0.39, 0.29) is 0 Å². The molecule has 0 aliphatic carbocycles. The number of nitrogens with zero attached hydrogens (tertiary/aromatic N) is 3. The number of carbonyl (C=O) groups is 1. The fourth-order valence-corrected chi connectivity index (χ4v) is 3.36. The van der Waals surface area contributed by atoms with Crippen LogP contribution < -0.4 is 15.8 Å². The molecule has 1 aliphatic heterocycles. The van der Waals surface area contributed by atoms with Gasteiger partial charge in [0.2, 0.25) is 11.9 Å². The molecule has 0 saturated carbocycles. The van der Waals surface area contributed by atoms with Crippen molar-refractivity contribution in [3.63, 3.8) is 0 Å². The molecule has 3 aromatic rings. The average molecular weight is 361 g/mol. The molecule has 0 fully saturated rings. The molecule has 1 aliphatic rings. The van der Waals surface area contributed by atoms with Crippen molar-refractivity contribution < 1.29 is 9.53 Å². The Hall–Kier alpha value is -3.61. The first-order valence-electron chi connectivity index (χ1n) is 8.52. The zero-order valence-electron chi connectivity index (χ0n) is 15.0. The largest absolute Gasteiger partial charge is 0.496 e. The number of para-hydroxylation sites is 1. The average Bonchev–Trinajstić information content (AvgIpc) is 3.10. The van der Waals surface area contributed by atoms with E-state index in [2.05, 4.69) is 15.4 Å². The lowest BCUT2D eigenvalue weighted by molar-refractivity contribution is -0.115. The van der Waals surface area contributed by atoms with Crippen molar-refractivity contribution >= 4 is 11.9 Å². The van der Waals surface area contributed by atoms with Gasteiger partial charge in [-0.1, -0.05) is 42.5 Å². The summed E-state index contributed by atoms with van der Waals surface area (Å²) in [7, 11) is 1.61. The number of anilines is 1. The number of hydrogen-bond acceptors (Lipinski definition) is 5. The van der Waals surface area contributed by atoms with Crippen LogP contribution in [-0.4, -0.2) is 27.8 Å². The quantitative estimate of drug-likeness (QED) is 0.745. The van der Waals surface area contributed by atoms with E-state index in [1.54, 1.807) is 11.8 Å². The van der Waals surface area contributed by atoms with Crippen LogP contribution in [0.3, 0.4) is 0 Å². The third-order valence-corrected chi connectivity index (χ3v) is 4.58. The summed E-state index contributed by atoms with van der Waals surface area (Å²) in [6.45, 7) is 1.82. The standard InChI is InChI=1S/C20H19N5O2/c1-12-16(18(21)26)17(13-8-4-3-5-9-13)25-20(22-12)23-19(24-25)14-10-6-7-11-15(14)27-2/h3-11,17H,1-2H3,(H2,21,26)(H,22,23,24)/t17-/m1/s1. The monoisotopic (exact) mass is 361 g/mol. The number of carbonyl (C=O) groups excluding carboxylic acids is 1. The number of ether oxygens (including phenoxy) is 1. The molecular weight excluding hydrogens is 342 g/mol. The van der Waals surface area contributed by atoms with E-state index in [4.69, 9.17) is 10.5 Å². The van der Waals surface area contributed by atoms with E-state index in [1.807, 2.05) is 61.5 Å². The molecule has 1 aromatic heterocycles. The van der Waals surface area contributed by atoms with Crippen LogP contribution in [0.1, 0.15) is 18.5 Å². The lowest BCUT2D eigenvalue weighted by atomic mass is 9.95. The Morgan fingerprint density at radius 2 is 1.85 bits per heavy atom. The minimum Gasteiger partial charge on any atom is -0.496 e. The summed E-state index contributed by atoms with van der Waals surface area (Å²) in [5.41, 5.74) is 8.50. The highest BCUT2D eigenvalue weighted by atomic mass is 16.5. The lowest BCUT2D eigenvalue weighted by Crippen LogP contribution is -2.31. The predicted octanol–water partition coefficient (Wildman–Crippen LogP) is 2.73. The summed E-state index contributed by atoms with van der Waals surface area (Å²) < 4.78 is 7.13. The van der Waals surface area contributed by atoms with Gasteiger partial charge >= 0.3 is 0 Å². The molecule has 1 amide bonds. The van der Waals surface area contributed by atoms with Crippen LogP contribution in [0, 0.1) is 0 Å². The first-order chi connectivity index (χ1) is 13.1. The van der Waals surface area contributed by atoms with Gasteiger partial charge in [0, 0.05) is 5.70 Å². The van der Waals surface area contributed by atoms with Gasteiger partial charge in [0.1, 0.15) is 11.8 Å². The van der Waals surface area contributed by atoms with Crippen molar-refractivity contribution in [1.82, 2.24) is 14.8 Å².